The summed E-state index contributed by atoms with van der Waals surface area (Å²) in [5, 5.41) is 0. The van der Waals surface area contributed by atoms with E-state index in [1.165, 1.54) is 4.88 Å². The summed E-state index contributed by atoms with van der Waals surface area (Å²) in [5.41, 5.74) is 1.11. The van der Waals surface area contributed by atoms with Gasteiger partial charge in [-0.3, -0.25) is 4.79 Å². The van der Waals surface area contributed by atoms with E-state index in [4.69, 9.17) is 0 Å². The summed E-state index contributed by atoms with van der Waals surface area (Å²) in [6.45, 7) is 5.60. The van der Waals surface area contributed by atoms with E-state index in [0.29, 0.717) is 0 Å². The smallest absolute Gasteiger partial charge is 0.169 e. The second kappa shape index (κ2) is 2.54. The fourth-order valence-electron chi connectivity index (χ4n) is 0.991. The topological polar surface area (TPSA) is 17.1 Å². The molecule has 0 saturated carbocycles. The van der Waals surface area contributed by atoms with Gasteiger partial charge < -0.3 is 0 Å². The highest BCUT2D eigenvalue weighted by atomic mass is 32.1. The molecule has 0 unspecified atom stereocenters. The second-order valence-electron chi connectivity index (χ2n) is 2.43. The van der Waals surface area contributed by atoms with E-state index in [0.717, 1.165) is 10.4 Å². The second-order valence-corrected chi connectivity index (χ2v) is 3.68. The number of ketones is 1. The zero-order chi connectivity index (χ0) is 7.72. The minimum atomic E-state index is 0.176. The maximum Gasteiger partial charge on any atom is 0.169 e. The molecule has 0 spiro atoms. The van der Waals surface area contributed by atoms with Gasteiger partial charge in [-0.15, -0.1) is 11.3 Å². The average Bonchev–Trinajstić information content (AvgIpc) is 2.10. The maximum absolute atomic E-state index is 10.9. The van der Waals surface area contributed by atoms with E-state index in [1.54, 1.807) is 18.3 Å². The van der Waals surface area contributed by atoms with Crippen molar-refractivity contribution in [3.8, 4) is 0 Å². The molecule has 0 aliphatic heterocycles. The first-order valence-corrected chi connectivity index (χ1v) is 4.01. The lowest BCUT2D eigenvalue weighted by atomic mass is 10.2. The zero-order valence-corrected chi connectivity index (χ0v) is 7.21. The van der Waals surface area contributed by atoms with Crippen LogP contribution in [0.1, 0.15) is 27.0 Å². The normalized spacial score (nSPS) is 9.90. The molecule has 54 valence electrons. The van der Waals surface area contributed by atoms with Crippen LogP contribution in [-0.2, 0) is 0 Å². The molecular formula is C8H10OS. The molecular weight excluding hydrogens is 144 g/mol. The molecule has 0 amide bonds. The SMILES string of the molecule is CC(=O)c1sc(C)cc1C. The molecule has 1 heterocycles. The first-order valence-electron chi connectivity index (χ1n) is 3.19. The highest BCUT2D eigenvalue weighted by Crippen LogP contribution is 2.20. The summed E-state index contributed by atoms with van der Waals surface area (Å²) in [5.74, 6) is 0.176. The van der Waals surface area contributed by atoms with E-state index in [-0.39, 0.29) is 5.78 Å². The zero-order valence-electron chi connectivity index (χ0n) is 6.39. The largest absolute Gasteiger partial charge is 0.294 e. The predicted octanol–water partition coefficient (Wildman–Crippen LogP) is 2.57. The van der Waals surface area contributed by atoms with Gasteiger partial charge in [0.05, 0.1) is 4.88 Å². The number of carbonyl (C=O) groups is 1. The average molecular weight is 154 g/mol. The van der Waals surface area contributed by atoms with Crippen LogP contribution in [0, 0.1) is 13.8 Å². The van der Waals surface area contributed by atoms with Crippen molar-refractivity contribution < 1.29 is 4.79 Å². The molecule has 0 saturated heterocycles. The monoisotopic (exact) mass is 154 g/mol. The van der Waals surface area contributed by atoms with Gasteiger partial charge in [-0.25, -0.2) is 0 Å². The molecule has 0 bridgehead atoms. The number of hydrogen-bond acceptors (Lipinski definition) is 2. The summed E-state index contributed by atoms with van der Waals surface area (Å²) in [7, 11) is 0. The molecule has 0 radical (unpaired) electrons. The Kier molecular flexibility index (Phi) is 1.90. The number of rotatable bonds is 1. The minimum Gasteiger partial charge on any atom is -0.294 e. The highest BCUT2D eigenvalue weighted by Gasteiger charge is 2.05. The van der Waals surface area contributed by atoms with Gasteiger partial charge in [0.25, 0.3) is 0 Å². The summed E-state index contributed by atoms with van der Waals surface area (Å²) >= 11 is 1.57. The van der Waals surface area contributed by atoms with Crippen LogP contribution in [-0.4, -0.2) is 5.78 Å². The van der Waals surface area contributed by atoms with Crippen LogP contribution in [0.3, 0.4) is 0 Å². The molecule has 0 aromatic carbocycles. The summed E-state index contributed by atoms with van der Waals surface area (Å²) < 4.78 is 0. The van der Waals surface area contributed by atoms with Crippen molar-refractivity contribution in [2.75, 3.05) is 0 Å². The molecule has 0 atom stereocenters. The van der Waals surface area contributed by atoms with Crippen molar-refractivity contribution in [1.82, 2.24) is 0 Å². The van der Waals surface area contributed by atoms with Crippen LogP contribution in [0.25, 0.3) is 0 Å². The number of carbonyl (C=O) groups excluding carboxylic acids is 1. The van der Waals surface area contributed by atoms with Crippen LogP contribution in [0.15, 0.2) is 6.07 Å². The van der Waals surface area contributed by atoms with Gasteiger partial charge in [0.1, 0.15) is 0 Å². The summed E-state index contributed by atoms with van der Waals surface area (Å²) in [4.78, 5) is 13.0. The summed E-state index contributed by atoms with van der Waals surface area (Å²) in [6.07, 6.45) is 0. The number of aryl methyl sites for hydroxylation is 2. The molecule has 0 aliphatic carbocycles. The van der Waals surface area contributed by atoms with Gasteiger partial charge in [-0.1, -0.05) is 0 Å². The quantitative estimate of drug-likeness (QED) is 0.568. The first kappa shape index (κ1) is 7.48. The first-order chi connectivity index (χ1) is 4.61. The van der Waals surface area contributed by atoms with Crippen LogP contribution in [0.5, 0.6) is 0 Å². The Bertz CT molecular complexity index is 260. The molecule has 0 aliphatic rings. The lowest BCUT2D eigenvalue weighted by Gasteiger charge is -1.87. The van der Waals surface area contributed by atoms with Gasteiger partial charge >= 0.3 is 0 Å². The Morgan fingerprint density at radius 3 is 2.30 bits per heavy atom. The van der Waals surface area contributed by atoms with Crippen LogP contribution < -0.4 is 0 Å². The molecule has 1 aromatic rings. The van der Waals surface area contributed by atoms with Crippen molar-refractivity contribution in [3.63, 3.8) is 0 Å². The Balaban J connectivity index is 3.15. The Morgan fingerprint density at radius 2 is 2.10 bits per heavy atom. The lowest BCUT2D eigenvalue weighted by Crippen LogP contribution is -1.87. The van der Waals surface area contributed by atoms with Crippen LogP contribution >= 0.6 is 11.3 Å². The van der Waals surface area contributed by atoms with Crippen molar-refractivity contribution in [3.05, 3.63) is 21.4 Å². The van der Waals surface area contributed by atoms with Crippen molar-refractivity contribution >= 4 is 17.1 Å². The third-order valence-electron chi connectivity index (χ3n) is 1.36. The number of Topliss-reactive ketones (excluding diaryl/α,β-unsaturated/α-hetero) is 1. The molecule has 2 heteroatoms. The number of hydrogen-bond donors (Lipinski definition) is 0. The Labute approximate surface area is 64.7 Å². The van der Waals surface area contributed by atoms with Gasteiger partial charge in [-0.05, 0) is 32.4 Å². The van der Waals surface area contributed by atoms with Crippen LogP contribution in [0.4, 0.5) is 0 Å². The van der Waals surface area contributed by atoms with Crippen LogP contribution in [0.2, 0.25) is 0 Å². The van der Waals surface area contributed by atoms with Gasteiger partial charge in [0, 0.05) is 4.88 Å². The third-order valence-corrected chi connectivity index (χ3v) is 2.61. The Morgan fingerprint density at radius 1 is 1.50 bits per heavy atom. The lowest BCUT2D eigenvalue weighted by molar-refractivity contribution is 0.102. The van der Waals surface area contributed by atoms with E-state index in [1.807, 2.05) is 19.9 Å². The molecule has 10 heavy (non-hydrogen) atoms. The van der Waals surface area contributed by atoms with Crippen molar-refractivity contribution in [2.45, 2.75) is 20.8 Å². The standard InChI is InChI=1S/C8H10OS/c1-5-4-6(2)10-8(5)7(3)9/h4H,1-3H3. The molecule has 1 rings (SSSR count). The van der Waals surface area contributed by atoms with Gasteiger partial charge in [-0.2, -0.15) is 0 Å². The highest BCUT2D eigenvalue weighted by molar-refractivity contribution is 7.14. The fourth-order valence-corrected chi connectivity index (χ4v) is 1.91. The molecule has 0 fully saturated rings. The van der Waals surface area contributed by atoms with E-state index in [2.05, 4.69) is 0 Å². The predicted molar refractivity (Wildman–Crippen MR) is 43.8 cm³/mol. The Hall–Kier alpha value is -0.630. The van der Waals surface area contributed by atoms with E-state index in [9.17, 15) is 4.79 Å². The van der Waals surface area contributed by atoms with Gasteiger partial charge in [0.2, 0.25) is 0 Å². The van der Waals surface area contributed by atoms with Crippen molar-refractivity contribution in [1.29, 1.82) is 0 Å². The van der Waals surface area contributed by atoms with Gasteiger partial charge in [0.15, 0.2) is 5.78 Å². The maximum atomic E-state index is 10.9. The van der Waals surface area contributed by atoms with E-state index < -0.39 is 0 Å². The molecule has 1 nitrogen and oxygen atoms in total. The third kappa shape index (κ3) is 1.27. The minimum absolute atomic E-state index is 0.176. The summed E-state index contributed by atoms with van der Waals surface area (Å²) in [6, 6.07) is 2.04. The molecule has 1 aromatic heterocycles. The number of thiophene rings is 1. The molecule has 0 N–H and O–H groups in total. The van der Waals surface area contributed by atoms with Crippen molar-refractivity contribution in [2.24, 2.45) is 0 Å². The van der Waals surface area contributed by atoms with E-state index >= 15 is 0 Å². The fraction of sp³-hybridized carbons (Fsp3) is 0.375.